The maximum atomic E-state index is 11.9. The number of amides is 1. The number of rotatable bonds is 7. The first-order valence-corrected chi connectivity index (χ1v) is 8.66. The standard InChI is InChI=1S/C19H22N6O/c1-14(2)15-6-8-16(9-7-15)19-22-24-25(23-19)12-10-18(26)21-13-17-5-3-4-11-20-17/h3-9,11,14H,10,12-13H2,1-2H3,(H,21,26). The summed E-state index contributed by atoms with van der Waals surface area (Å²) < 4.78 is 0. The van der Waals surface area contributed by atoms with Gasteiger partial charge in [0.25, 0.3) is 0 Å². The van der Waals surface area contributed by atoms with Crippen LogP contribution in [0.4, 0.5) is 0 Å². The number of nitrogens with one attached hydrogen (secondary N) is 1. The summed E-state index contributed by atoms with van der Waals surface area (Å²) in [6.07, 6.45) is 1.99. The molecule has 1 N–H and O–H groups in total. The molecule has 0 aliphatic heterocycles. The van der Waals surface area contributed by atoms with Crippen molar-refractivity contribution in [1.82, 2.24) is 30.5 Å². The highest BCUT2D eigenvalue weighted by molar-refractivity contribution is 5.75. The number of aryl methyl sites for hydroxylation is 1. The maximum Gasteiger partial charge on any atom is 0.222 e. The molecule has 2 heterocycles. The number of aromatic nitrogens is 5. The first kappa shape index (κ1) is 17.7. The Bertz CT molecular complexity index is 842. The van der Waals surface area contributed by atoms with Crippen LogP contribution in [0.25, 0.3) is 11.4 Å². The molecule has 0 aliphatic carbocycles. The van der Waals surface area contributed by atoms with Gasteiger partial charge >= 0.3 is 0 Å². The molecule has 0 unspecified atom stereocenters. The van der Waals surface area contributed by atoms with Crippen molar-refractivity contribution >= 4 is 5.91 Å². The Morgan fingerprint density at radius 3 is 2.65 bits per heavy atom. The molecule has 0 atom stereocenters. The molecule has 0 radical (unpaired) electrons. The summed E-state index contributed by atoms with van der Waals surface area (Å²) in [6.45, 7) is 5.11. The third kappa shape index (κ3) is 4.72. The van der Waals surface area contributed by atoms with Gasteiger partial charge in [0.1, 0.15) is 0 Å². The van der Waals surface area contributed by atoms with E-state index in [-0.39, 0.29) is 12.3 Å². The number of hydrogen-bond acceptors (Lipinski definition) is 5. The molecule has 0 aliphatic rings. The molecule has 0 saturated carbocycles. The lowest BCUT2D eigenvalue weighted by Crippen LogP contribution is -2.24. The molecule has 0 saturated heterocycles. The molecule has 1 aromatic carbocycles. The number of hydrogen-bond donors (Lipinski definition) is 1. The van der Waals surface area contributed by atoms with Crippen molar-refractivity contribution in [2.45, 2.75) is 39.3 Å². The van der Waals surface area contributed by atoms with E-state index in [1.807, 2.05) is 30.3 Å². The van der Waals surface area contributed by atoms with Crippen molar-refractivity contribution in [3.8, 4) is 11.4 Å². The van der Waals surface area contributed by atoms with Gasteiger partial charge in [-0.15, -0.1) is 10.2 Å². The summed E-state index contributed by atoms with van der Waals surface area (Å²) in [4.78, 5) is 17.6. The fraction of sp³-hybridized carbons (Fsp3) is 0.316. The number of nitrogens with zero attached hydrogens (tertiary/aromatic N) is 5. The first-order valence-electron chi connectivity index (χ1n) is 8.66. The summed E-state index contributed by atoms with van der Waals surface area (Å²) in [5.74, 6) is 0.974. The van der Waals surface area contributed by atoms with Crippen LogP contribution in [0.2, 0.25) is 0 Å². The summed E-state index contributed by atoms with van der Waals surface area (Å²) >= 11 is 0. The van der Waals surface area contributed by atoms with Crippen molar-refractivity contribution in [1.29, 1.82) is 0 Å². The average molecular weight is 350 g/mol. The molecule has 7 nitrogen and oxygen atoms in total. The Morgan fingerprint density at radius 2 is 1.96 bits per heavy atom. The Labute approximate surface area is 152 Å². The van der Waals surface area contributed by atoms with Crippen molar-refractivity contribution in [2.75, 3.05) is 0 Å². The van der Waals surface area contributed by atoms with E-state index in [2.05, 4.69) is 51.7 Å². The minimum atomic E-state index is -0.0733. The minimum absolute atomic E-state index is 0.0733. The zero-order chi connectivity index (χ0) is 18.4. The monoisotopic (exact) mass is 350 g/mol. The van der Waals surface area contributed by atoms with Crippen molar-refractivity contribution in [2.24, 2.45) is 0 Å². The zero-order valence-electron chi connectivity index (χ0n) is 15.0. The largest absolute Gasteiger partial charge is 0.350 e. The highest BCUT2D eigenvalue weighted by atomic mass is 16.1. The molecule has 0 bridgehead atoms. The van der Waals surface area contributed by atoms with Crippen LogP contribution in [-0.4, -0.2) is 31.1 Å². The average Bonchev–Trinajstić information content (AvgIpc) is 3.14. The molecule has 134 valence electrons. The number of carbonyl (C=O) groups excluding carboxylic acids is 1. The van der Waals surface area contributed by atoms with Crippen LogP contribution in [0.15, 0.2) is 48.7 Å². The predicted octanol–water partition coefficient (Wildman–Crippen LogP) is 2.57. The molecule has 26 heavy (non-hydrogen) atoms. The second kappa shape index (κ2) is 8.33. The second-order valence-electron chi connectivity index (χ2n) is 6.33. The molecular formula is C19H22N6O. The minimum Gasteiger partial charge on any atom is -0.350 e. The molecule has 0 fully saturated rings. The Morgan fingerprint density at radius 1 is 1.15 bits per heavy atom. The third-order valence-corrected chi connectivity index (χ3v) is 4.02. The van der Waals surface area contributed by atoms with Crippen LogP contribution in [-0.2, 0) is 17.9 Å². The predicted molar refractivity (Wildman–Crippen MR) is 98.0 cm³/mol. The SMILES string of the molecule is CC(C)c1ccc(-c2nnn(CCC(=O)NCc3ccccn3)n2)cc1. The van der Waals surface area contributed by atoms with Gasteiger partial charge in [0.15, 0.2) is 0 Å². The lowest BCUT2D eigenvalue weighted by molar-refractivity contribution is -0.121. The van der Waals surface area contributed by atoms with Gasteiger partial charge in [-0.05, 0) is 28.8 Å². The van der Waals surface area contributed by atoms with E-state index in [4.69, 9.17) is 0 Å². The Hall–Kier alpha value is -3.09. The van der Waals surface area contributed by atoms with E-state index in [1.165, 1.54) is 10.4 Å². The quantitative estimate of drug-likeness (QED) is 0.708. The van der Waals surface area contributed by atoms with Gasteiger partial charge in [-0.3, -0.25) is 9.78 Å². The fourth-order valence-corrected chi connectivity index (χ4v) is 2.45. The molecule has 2 aromatic heterocycles. The van der Waals surface area contributed by atoms with Gasteiger partial charge in [-0.25, -0.2) is 0 Å². The topological polar surface area (TPSA) is 85.6 Å². The molecular weight excluding hydrogens is 328 g/mol. The smallest absolute Gasteiger partial charge is 0.222 e. The molecule has 1 amide bonds. The fourth-order valence-electron chi connectivity index (χ4n) is 2.45. The second-order valence-corrected chi connectivity index (χ2v) is 6.33. The molecule has 3 aromatic rings. The van der Waals surface area contributed by atoms with Gasteiger partial charge in [0.05, 0.1) is 18.8 Å². The number of benzene rings is 1. The van der Waals surface area contributed by atoms with E-state index in [1.54, 1.807) is 6.20 Å². The Kier molecular flexibility index (Phi) is 5.68. The number of pyridine rings is 1. The van der Waals surface area contributed by atoms with Gasteiger partial charge in [-0.2, -0.15) is 4.80 Å². The zero-order valence-corrected chi connectivity index (χ0v) is 15.0. The van der Waals surface area contributed by atoms with Crippen molar-refractivity contribution < 1.29 is 4.79 Å². The highest BCUT2D eigenvalue weighted by Crippen LogP contribution is 2.19. The van der Waals surface area contributed by atoms with E-state index in [0.717, 1.165) is 11.3 Å². The van der Waals surface area contributed by atoms with Crippen LogP contribution in [0.3, 0.4) is 0 Å². The Balaban J connectivity index is 1.51. The van der Waals surface area contributed by atoms with Crippen LogP contribution in [0, 0.1) is 0 Å². The van der Waals surface area contributed by atoms with Crippen LogP contribution in [0.1, 0.15) is 37.4 Å². The lowest BCUT2D eigenvalue weighted by atomic mass is 10.0. The highest BCUT2D eigenvalue weighted by Gasteiger charge is 2.09. The van der Waals surface area contributed by atoms with Crippen LogP contribution in [0.5, 0.6) is 0 Å². The van der Waals surface area contributed by atoms with Gasteiger partial charge in [0.2, 0.25) is 11.7 Å². The van der Waals surface area contributed by atoms with Crippen LogP contribution < -0.4 is 5.32 Å². The van der Waals surface area contributed by atoms with Gasteiger partial charge < -0.3 is 5.32 Å². The summed E-state index contributed by atoms with van der Waals surface area (Å²) in [5, 5.41) is 15.3. The normalized spacial score (nSPS) is 10.9. The molecule has 7 heteroatoms. The maximum absolute atomic E-state index is 11.9. The van der Waals surface area contributed by atoms with E-state index >= 15 is 0 Å². The third-order valence-electron chi connectivity index (χ3n) is 4.02. The molecule has 0 spiro atoms. The van der Waals surface area contributed by atoms with Crippen molar-refractivity contribution in [3.63, 3.8) is 0 Å². The van der Waals surface area contributed by atoms with Crippen LogP contribution >= 0.6 is 0 Å². The lowest BCUT2D eigenvalue weighted by Gasteiger charge is -2.05. The van der Waals surface area contributed by atoms with Crippen molar-refractivity contribution in [3.05, 3.63) is 59.9 Å². The number of carbonyl (C=O) groups is 1. The van der Waals surface area contributed by atoms with E-state index in [9.17, 15) is 4.79 Å². The van der Waals surface area contributed by atoms with E-state index in [0.29, 0.717) is 24.8 Å². The molecule has 3 rings (SSSR count). The van der Waals surface area contributed by atoms with Gasteiger partial charge in [-0.1, -0.05) is 44.2 Å². The number of tetrazole rings is 1. The van der Waals surface area contributed by atoms with Gasteiger partial charge in [0, 0.05) is 18.2 Å². The summed E-state index contributed by atoms with van der Waals surface area (Å²) in [7, 11) is 0. The summed E-state index contributed by atoms with van der Waals surface area (Å²) in [6, 6.07) is 13.7. The first-order chi connectivity index (χ1) is 12.6. The van der Waals surface area contributed by atoms with E-state index < -0.39 is 0 Å². The summed E-state index contributed by atoms with van der Waals surface area (Å²) in [5.41, 5.74) is 3.01.